The molecule has 14 heavy (non-hydrogen) atoms. The molecule has 0 fully saturated rings. The molecule has 0 bridgehead atoms. The molecule has 4 heteroatoms. The topological polar surface area (TPSA) is 30.2 Å². The summed E-state index contributed by atoms with van der Waals surface area (Å²) in [6.45, 7) is 1.80. The molecule has 0 atom stereocenters. The van der Waals surface area contributed by atoms with E-state index in [1.807, 2.05) is 0 Å². The molecule has 0 saturated heterocycles. The Balaban J connectivity index is 2.33. The number of rotatable bonds is 2. The number of ketones is 1. The van der Waals surface area contributed by atoms with Gasteiger partial charge in [0.15, 0.2) is 5.76 Å². The smallest absolute Gasteiger partial charge is 0.229 e. The van der Waals surface area contributed by atoms with Crippen molar-refractivity contribution in [3.8, 4) is 0 Å². The molecule has 2 nitrogen and oxygen atoms in total. The quantitative estimate of drug-likeness (QED) is 0.734. The van der Waals surface area contributed by atoms with E-state index in [2.05, 4.69) is 0 Å². The van der Waals surface area contributed by atoms with Crippen molar-refractivity contribution in [3.63, 3.8) is 0 Å². The van der Waals surface area contributed by atoms with E-state index in [1.165, 1.54) is 11.3 Å². The SMILES string of the molecule is Cc1ccc(C(=O)c2csc(Cl)c2)o1. The fourth-order valence-electron chi connectivity index (χ4n) is 1.13. The van der Waals surface area contributed by atoms with Crippen LogP contribution in [0.1, 0.15) is 21.9 Å². The molecule has 0 radical (unpaired) electrons. The van der Waals surface area contributed by atoms with E-state index in [4.69, 9.17) is 16.0 Å². The molecule has 0 amide bonds. The standard InChI is InChI=1S/C10H7ClO2S/c1-6-2-3-8(13-6)10(12)7-4-9(11)14-5-7/h2-5H,1H3. The van der Waals surface area contributed by atoms with Gasteiger partial charge >= 0.3 is 0 Å². The Bertz CT molecular complexity index is 428. The van der Waals surface area contributed by atoms with Crippen LogP contribution >= 0.6 is 22.9 Å². The third-order valence-corrected chi connectivity index (χ3v) is 2.88. The molecular formula is C10H7ClO2S. The van der Waals surface area contributed by atoms with Gasteiger partial charge in [0.1, 0.15) is 5.76 Å². The summed E-state index contributed by atoms with van der Waals surface area (Å²) >= 11 is 7.07. The van der Waals surface area contributed by atoms with Crippen molar-refractivity contribution in [3.05, 3.63) is 45.0 Å². The Morgan fingerprint density at radius 3 is 2.79 bits per heavy atom. The summed E-state index contributed by atoms with van der Waals surface area (Å²) in [5.41, 5.74) is 0.578. The first-order valence-electron chi connectivity index (χ1n) is 4.02. The summed E-state index contributed by atoms with van der Waals surface area (Å²) in [5.74, 6) is 0.966. The molecule has 0 aliphatic heterocycles. The molecule has 72 valence electrons. The summed E-state index contributed by atoms with van der Waals surface area (Å²) in [5, 5.41) is 1.72. The highest BCUT2D eigenvalue weighted by Crippen LogP contribution is 2.22. The Morgan fingerprint density at radius 2 is 2.29 bits per heavy atom. The molecule has 2 aromatic rings. The molecule has 0 saturated carbocycles. The van der Waals surface area contributed by atoms with Gasteiger partial charge in [-0.05, 0) is 25.1 Å². The summed E-state index contributed by atoms with van der Waals surface area (Å²) in [6.07, 6.45) is 0. The molecule has 0 aromatic carbocycles. The number of hydrogen-bond acceptors (Lipinski definition) is 3. The van der Waals surface area contributed by atoms with E-state index in [-0.39, 0.29) is 5.78 Å². The molecule has 0 aliphatic rings. The summed E-state index contributed by atoms with van der Waals surface area (Å²) in [4.78, 5) is 11.7. The van der Waals surface area contributed by atoms with Crippen molar-refractivity contribution < 1.29 is 9.21 Å². The van der Waals surface area contributed by atoms with Gasteiger partial charge in [0, 0.05) is 10.9 Å². The summed E-state index contributed by atoms with van der Waals surface area (Å²) in [7, 11) is 0. The lowest BCUT2D eigenvalue weighted by molar-refractivity contribution is 0.101. The Labute approximate surface area is 90.1 Å². The molecule has 0 N–H and O–H groups in total. The van der Waals surface area contributed by atoms with Crippen molar-refractivity contribution in [2.24, 2.45) is 0 Å². The first-order valence-corrected chi connectivity index (χ1v) is 5.28. The summed E-state index contributed by atoms with van der Waals surface area (Å²) in [6, 6.07) is 5.08. The Kier molecular flexibility index (Phi) is 2.44. The average Bonchev–Trinajstić information content (AvgIpc) is 2.73. The van der Waals surface area contributed by atoms with Crippen molar-refractivity contribution in [1.29, 1.82) is 0 Å². The number of carbonyl (C=O) groups excluding carboxylic acids is 1. The maximum atomic E-state index is 11.7. The van der Waals surface area contributed by atoms with Crippen LogP contribution in [-0.4, -0.2) is 5.78 Å². The van der Waals surface area contributed by atoms with Gasteiger partial charge in [0.2, 0.25) is 5.78 Å². The van der Waals surface area contributed by atoms with Crippen LogP contribution in [0.15, 0.2) is 28.0 Å². The maximum Gasteiger partial charge on any atom is 0.229 e. The monoisotopic (exact) mass is 226 g/mol. The minimum Gasteiger partial charge on any atom is -0.458 e. The predicted octanol–water partition coefficient (Wildman–Crippen LogP) is 3.53. The normalized spacial score (nSPS) is 10.4. The number of furan rings is 1. The van der Waals surface area contributed by atoms with Crippen molar-refractivity contribution in [2.45, 2.75) is 6.92 Å². The molecule has 2 aromatic heterocycles. The Hall–Kier alpha value is -1.06. The van der Waals surface area contributed by atoms with Crippen molar-refractivity contribution >= 4 is 28.7 Å². The van der Waals surface area contributed by atoms with Gasteiger partial charge in [0.25, 0.3) is 0 Å². The van der Waals surface area contributed by atoms with Crippen LogP contribution in [-0.2, 0) is 0 Å². The van der Waals surface area contributed by atoms with Gasteiger partial charge in [-0.2, -0.15) is 0 Å². The average molecular weight is 227 g/mol. The van der Waals surface area contributed by atoms with Crippen molar-refractivity contribution in [1.82, 2.24) is 0 Å². The molecule has 2 heterocycles. The van der Waals surface area contributed by atoms with Crippen LogP contribution in [0.25, 0.3) is 0 Å². The summed E-state index contributed by atoms with van der Waals surface area (Å²) < 4.78 is 5.83. The van der Waals surface area contributed by atoms with E-state index in [9.17, 15) is 4.79 Å². The second-order valence-corrected chi connectivity index (χ2v) is 4.42. The molecule has 0 unspecified atom stereocenters. The van der Waals surface area contributed by atoms with E-state index < -0.39 is 0 Å². The third kappa shape index (κ3) is 1.74. The van der Waals surface area contributed by atoms with Gasteiger partial charge in [0.05, 0.1) is 4.34 Å². The van der Waals surface area contributed by atoms with Gasteiger partial charge in [-0.3, -0.25) is 4.79 Å². The highest BCUT2D eigenvalue weighted by atomic mass is 35.5. The number of halogens is 1. The van der Waals surface area contributed by atoms with Crippen molar-refractivity contribution in [2.75, 3.05) is 0 Å². The largest absolute Gasteiger partial charge is 0.458 e. The number of hydrogen-bond donors (Lipinski definition) is 0. The van der Waals surface area contributed by atoms with Crippen LogP contribution in [0.3, 0.4) is 0 Å². The van der Waals surface area contributed by atoms with Gasteiger partial charge in [-0.1, -0.05) is 11.6 Å². The van der Waals surface area contributed by atoms with Crippen LogP contribution in [0.5, 0.6) is 0 Å². The predicted molar refractivity (Wildman–Crippen MR) is 56.2 cm³/mol. The lowest BCUT2D eigenvalue weighted by Gasteiger charge is -1.91. The zero-order valence-electron chi connectivity index (χ0n) is 7.41. The van der Waals surface area contributed by atoms with Crippen LogP contribution in [0.2, 0.25) is 4.34 Å². The Morgan fingerprint density at radius 1 is 1.50 bits per heavy atom. The lowest BCUT2D eigenvalue weighted by Crippen LogP contribution is -1.96. The molecular weight excluding hydrogens is 220 g/mol. The molecule has 0 aliphatic carbocycles. The third-order valence-electron chi connectivity index (χ3n) is 1.79. The molecule has 0 spiro atoms. The van der Waals surface area contributed by atoms with Crippen LogP contribution < -0.4 is 0 Å². The number of thiophene rings is 1. The first-order chi connectivity index (χ1) is 6.66. The second-order valence-electron chi connectivity index (χ2n) is 2.88. The number of carbonyl (C=O) groups is 1. The minimum absolute atomic E-state index is 0.124. The van der Waals surface area contributed by atoms with E-state index in [0.29, 0.717) is 15.7 Å². The molecule has 2 rings (SSSR count). The minimum atomic E-state index is -0.124. The van der Waals surface area contributed by atoms with Crippen LogP contribution in [0, 0.1) is 6.92 Å². The highest BCUT2D eigenvalue weighted by molar-refractivity contribution is 7.14. The van der Waals surface area contributed by atoms with Crippen LogP contribution in [0.4, 0.5) is 0 Å². The zero-order valence-corrected chi connectivity index (χ0v) is 8.98. The maximum absolute atomic E-state index is 11.7. The number of aryl methyl sites for hydroxylation is 1. The van der Waals surface area contributed by atoms with E-state index in [0.717, 1.165) is 5.76 Å². The van der Waals surface area contributed by atoms with E-state index in [1.54, 1.807) is 30.5 Å². The highest BCUT2D eigenvalue weighted by Gasteiger charge is 2.13. The van der Waals surface area contributed by atoms with E-state index >= 15 is 0 Å². The lowest BCUT2D eigenvalue weighted by atomic mass is 10.2. The van der Waals surface area contributed by atoms with Gasteiger partial charge in [-0.25, -0.2) is 0 Å². The fourth-order valence-corrected chi connectivity index (χ4v) is 1.99. The van der Waals surface area contributed by atoms with Gasteiger partial charge < -0.3 is 4.42 Å². The van der Waals surface area contributed by atoms with Gasteiger partial charge in [-0.15, -0.1) is 11.3 Å². The first kappa shape index (κ1) is 9.49. The fraction of sp³-hybridized carbons (Fsp3) is 0.100. The second kappa shape index (κ2) is 3.59. The zero-order chi connectivity index (χ0) is 10.1.